The second kappa shape index (κ2) is 6.20. The van der Waals surface area contributed by atoms with E-state index in [0.29, 0.717) is 6.61 Å². The lowest BCUT2D eigenvalue weighted by atomic mass is 10.3. The molecule has 0 saturated heterocycles. The van der Waals surface area contributed by atoms with E-state index in [2.05, 4.69) is 15.5 Å². The first-order valence-corrected chi connectivity index (χ1v) is 6.38. The predicted molar refractivity (Wildman–Crippen MR) is 69.7 cm³/mol. The normalized spacial score (nSPS) is 10.2. The SMILES string of the molecule is CNc1nnc(CCCOc2ccccc2)s1. The largest absolute Gasteiger partial charge is 0.494 e. The van der Waals surface area contributed by atoms with E-state index in [1.165, 1.54) is 0 Å². The maximum absolute atomic E-state index is 5.60. The summed E-state index contributed by atoms with van der Waals surface area (Å²) in [6.45, 7) is 0.707. The van der Waals surface area contributed by atoms with Crippen molar-refractivity contribution in [2.45, 2.75) is 12.8 Å². The molecule has 2 rings (SSSR count). The summed E-state index contributed by atoms with van der Waals surface area (Å²) in [5, 5.41) is 13.0. The fourth-order valence-electron chi connectivity index (χ4n) is 1.39. The maximum atomic E-state index is 5.60. The maximum Gasteiger partial charge on any atom is 0.205 e. The summed E-state index contributed by atoms with van der Waals surface area (Å²) in [5.41, 5.74) is 0. The summed E-state index contributed by atoms with van der Waals surface area (Å²) >= 11 is 1.59. The monoisotopic (exact) mass is 249 g/mol. The Bertz CT molecular complexity index is 444. The molecule has 2 aromatic rings. The quantitative estimate of drug-likeness (QED) is 0.799. The summed E-state index contributed by atoms with van der Waals surface area (Å²) < 4.78 is 5.60. The van der Waals surface area contributed by atoms with E-state index in [1.54, 1.807) is 11.3 Å². The van der Waals surface area contributed by atoms with Crippen molar-refractivity contribution < 1.29 is 4.74 Å². The van der Waals surface area contributed by atoms with Crippen molar-refractivity contribution >= 4 is 16.5 Å². The van der Waals surface area contributed by atoms with Crippen molar-refractivity contribution in [3.63, 3.8) is 0 Å². The summed E-state index contributed by atoms with van der Waals surface area (Å²) in [6.07, 6.45) is 1.86. The molecule has 0 amide bonds. The molecule has 0 aliphatic heterocycles. The molecule has 5 heteroatoms. The van der Waals surface area contributed by atoms with Gasteiger partial charge in [-0.15, -0.1) is 10.2 Å². The Morgan fingerprint density at radius 2 is 2.06 bits per heavy atom. The van der Waals surface area contributed by atoms with Crippen LogP contribution in [0.1, 0.15) is 11.4 Å². The zero-order valence-electron chi connectivity index (χ0n) is 9.72. The molecule has 17 heavy (non-hydrogen) atoms. The number of hydrogen-bond donors (Lipinski definition) is 1. The summed E-state index contributed by atoms with van der Waals surface area (Å²) in [5.74, 6) is 0.917. The summed E-state index contributed by atoms with van der Waals surface area (Å²) in [6, 6.07) is 9.85. The molecule has 0 fully saturated rings. The number of aromatic nitrogens is 2. The molecular weight excluding hydrogens is 234 g/mol. The van der Waals surface area contributed by atoms with Gasteiger partial charge < -0.3 is 10.1 Å². The lowest BCUT2D eigenvalue weighted by Crippen LogP contribution is -1.98. The highest BCUT2D eigenvalue weighted by Crippen LogP contribution is 2.16. The van der Waals surface area contributed by atoms with E-state index in [0.717, 1.165) is 28.7 Å². The van der Waals surface area contributed by atoms with E-state index in [9.17, 15) is 0 Å². The number of nitrogens with zero attached hydrogens (tertiary/aromatic N) is 2. The van der Waals surface area contributed by atoms with Crippen molar-refractivity contribution in [2.75, 3.05) is 19.0 Å². The highest BCUT2D eigenvalue weighted by molar-refractivity contribution is 7.15. The molecular formula is C12H15N3OS. The molecule has 90 valence electrons. The molecule has 1 aromatic heterocycles. The Morgan fingerprint density at radius 3 is 2.76 bits per heavy atom. The van der Waals surface area contributed by atoms with Crippen molar-refractivity contribution in [2.24, 2.45) is 0 Å². The third kappa shape index (κ3) is 3.71. The van der Waals surface area contributed by atoms with E-state index in [-0.39, 0.29) is 0 Å². The Balaban J connectivity index is 1.69. The Hall–Kier alpha value is -1.62. The van der Waals surface area contributed by atoms with Crippen LogP contribution in [0.25, 0.3) is 0 Å². The second-order valence-electron chi connectivity index (χ2n) is 3.52. The minimum absolute atomic E-state index is 0.707. The van der Waals surface area contributed by atoms with Crippen LogP contribution in [0, 0.1) is 0 Å². The second-order valence-corrected chi connectivity index (χ2v) is 4.58. The van der Waals surface area contributed by atoms with Crippen LogP contribution in [0.3, 0.4) is 0 Å². The lowest BCUT2D eigenvalue weighted by Gasteiger charge is -2.03. The third-order valence-electron chi connectivity index (χ3n) is 2.23. The minimum Gasteiger partial charge on any atom is -0.494 e. The molecule has 0 atom stereocenters. The zero-order chi connectivity index (χ0) is 11.9. The molecule has 0 saturated carbocycles. The lowest BCUT2D eigenvalue weighted by molar-refractivity contribution is 0.311. The van der Waals surface area contributed by atoms with Gasteiger partial charge >= 0.3 is 0 Å². The van der Waals surface area contributed by atoms with Gasteiger partial charge in [0.25, 0.3) is 0 Å². The number of benzene rings is 1. The molecule has 1 N–H and O–H groups in total. The van der Waals surface area contributed by atoms with Crippen LogP contribution in [0.5, 0.6) is 5.75 Å². The molecule has 1 heterocycles. The van der Waals surface area contributed by atoms with Crippen LogP contribution in [-0.4, -0.2) is 23.9 Å². The van der Waals surface area contributed by atoms with Gasteiger partial charge in [0.1, 0.15) is 10.8 Å². The average Bonchev–Trinajstić information content (AvgIpc) is 2.84. The van der Waals surface area contributed by atoms with Gasteiger partial charge in [-0.1, -0.05) is 29.5 Å². The smallest absolute Gasteiger partial charge is 0.205 e. The van der Waals surface area contributed by atoms with E-state index in [4.69, 9.17) is 4.74 Å². The van der Waals surface area contributed by atoms with E-state index in [1.807, 2.05) is 37.4 Å². The molecule has 4 nitrogen and oxygen atoms in total. The molecule has 0 bridgehead atoms. The first-order valence-electron chi connectivity index (χ1n) is 5.56. The van der Waals surface area contributed by atoms with E-state index < -0.39 is 0 Å². The zero-order valence-corrected chi connectivity index (χ0v) is 10.5. The highest BCUT2D eigenvalue weighted by Gasteiger charge is 2.02. The van der Waals surface area contributed by atoms with Crippen molar-refractivity contribution in [3.8, 4) is 5.75 Å². The number of nitrogens with one attached hydrogen (secondary N) is 1. The number of aryl methyl sites for hydroxylation is 1. The van der Waals surface area contributed by atoms with Crippen LogP contribution < -0.4 is 10.1 Å². The van der Waals surface area contributed by atoms with E-state index >= 15 is 0 Å². The number of ether oxygens (including phenoxy) is 1. The van der Waals surface area contributed by atoms with Crippen LogP contribution in [-0.2, 0) is 6.42 Å². The van der Waals surface area contributed by atoms with Crippen molar-refractivity contribution in [3.05, 3.63) is 35.3 Å². The minimum atomic E-state index is 0.707. The number of para-hydroxylation sites is 1. The average molecular weight is 249 g/mol. The van der Waals surface area contributed by atoms with Crippen LogP contribution in [0.2, 0.25) is 0 Å². The third-order valence-corrected chi connectivity index (χ3v) is 3.23. The van der Waals surface area contributed by atoms with Crippen molar-refractivity contribution in [1.82, 2.24) is 10.2 Å². The highest BCUT2D eigenvalue weighted by atomic mass is 32.1. The number of rotatable bonds is 6. The molecule has 0 radical (unpaired) electrons. The molecule has 1 aromatic carbocycles. The van der Waals surface area contributed by atoms with Gasteiger partial charge in [0.15, 0.2) is 0 Å². The van der Waals surface area contributed by atoms with Crippen LogP contribution in [0.15, 0.2) is 30.3 Å². The first kappa shape index (κ1) is 11.9. The van der Waals surface area contributed by atoms with Crippen LogP contribution in [0.4, 0.5) is 5.13 Å². The fourth-order valence-corrected chi connectivity index (χ4v) is 2.12. The van der Waals surface area contributed by atoms with Gasteiger partial charge in [0, 0.05) is 13.5 Å². The van der Waals surface area contributed by atoms with Gasteiger partial charge in [-0.05, 0) is 18.6 Å². The van der Waals surface area contributed by atoms with Gasteiger partial charge in [-0.3, -0.25) is 0 Å². The Kier molecular flexibility index (Phi) is 4.32. The Labute approximate surface area is 105 Å². The molecule has 0 aliphatic carbocycles. The number of hydrogen-bond acceptors (Lipinski definition) is 5. The fraction of sp³-hybridized carbons (Fsp3) is 0.333. The van der Waals surface area contributed by atoms with Crippen molar-refractivity contribution in [1.29, 1.82) is 0 Å². The molecule has 0 unspecified atom stereocenters. The van der Waals surface area contributed by atoms with Gasteiger partial charge in [0.2, 0.25) is 5.13 Å². The van der Waals surface area contributed by atoms with Gasteiger partial charge in [-0.2, -0.15) is 0 Å². The van der Waals surface area contributed by atoms with Gasteiger partial charge in [-0.25, -0.2) is 0 Å². The summed E-state index contributed by atoms with van der Waals surface area (Å²) in [7, 11) is 1.85. The molecule has 0 spiro atoms. The van der Waals surface area contributed by atoms with Crippen LogP contribution >= 0.6 is 11.3 Å². The number of anilines is 1. The Morgan fingerprint density at radius 1 is 1.24 bits per heavy atom. The predicted octanol–water partition coefficient (Wildman–Crippen LogP) is 2.59. The molecule has 0 aliphatic rings. The van der Waals surface area contributed by atoms with Gasteiger partial charge in [0.05, 0.1) is 6.61 Å². The summed E-state index contributed by atoms with van der Waals surface area (Å²) in [4.78, 5) is 0. The standard InChI is InChI=1S/C12H15N3OS/c1-13-12-15-14-11(17-12)8-5-9-16-10-6-3-2-4-7-10/h2-4,6-7H,5,8-9H2,1H3,(H,13,15). The first-order chi connectivity index (χ1) is 8.38. The topological polar surface area (TPSA) is 47.0 Å².